The average molecular weight is 863 g/mol. The number of carbonyl (C=O) groups excluding carboxylic acids is 4. The van der Waals surface area contributed by atoms with E-state index in [9.17, 15) is 27.6 Å². The number of hydrogen-bond donors (Lipinski definition) is 2. The Kier molecular flexibility index (Phi) is 15.1. The number of ether oxygens (including phenoxy) is 3. The standard InChI is InChI=1S/C20H24N4O7.C15H16N4O5.C2HF3O/c1-10(2)14(24-19(26)31-20(3,4)5)17-22-12(8-30-17)15-21-11(7-28-15)16-23-13(9-29-16)18(25)27-6;1-7(2)11(16)14-18-9(5-24-14)12-17-8(4-22-12)13-19-10(6-23-13)15(20)21-3;3-2(4,5)1-6/h7-10,14H,1-6H3,(H,24,26);4-7,11H,16H2,1-3H3;1H. The number of alkyl carbamates (subject to hydrolysis) is 1. The number of alkyl halides is 3. The minimum Gasteiger partial charge on any atom is -0.464 e. The summed E-state index contributed by atoms with van der Waals surface area (Å²) in [5.74, 6) is 0.220. The lowest BCUT2D eigenvalue weighted by Crippen LogP contribution is -2.37. The van der Waals surface area contributed by atoms with Crippen molar-refractivity contribution >= 4 is 24.3 Å². The molecule has 24 heteroatoms. The summed E-state index contributed by atoms with van der Waals surface area (Å²) in [6.45, 7) is 13.1. The molecule has 1 amide bonds. The fraction of sp³-hybridized carbons (Fsp3) is 0.405. The van der Waals surface area contributed by atoms with Gasteiger partial charge in [-0.25, -0.2) is 44.3 Å². The SMILES string of the molecule is COC(=O)c1coc(-c2coc(-c3coc(C(N)C(C)C)n3)n2)n1.COC(=O)c1coc(-c2coc(-c3coc(C(NC(=O)OC(C)(C)C)C(C)C)n3)n2)n1.O=CC(F)(F)F. The first-order chi connectivity index (χ1) is 28.6. The Morgan fingerprint density at radius 1 is 0.639 bits per heavy atom. The molecule has 0 radical (unpaired) electrons. The predicted molar refractivity (Wildman–Crippen MR) is 199 cm³/mol. The lowest BCUT2D eigenvalue weighted by atomic mass is 10.0. The molecule has 0 aliphatic rings. The van der Waals surface area contributed by atoms with Gasteiger partial charge in [0.05, 0.1) is 20.3 Å². The van der Waals surface area contributed by atoms with Crippen molar-refractivity contribution in [1.82, 2.24) is 35.2 Å². The summed E-state index contributed by atoms with van der Waals surface area (Å²) >= 11 is 0. The minimum atomic E-state index is -4.64. The second kappa shape index (κ2) is 19.8. The molecule has 0 bridgehead atoms. The van der Waals surface area contributed by atoms with Crippen LogP contribution < -0.4 is 11.1 Å². The van der Waals surface area contributed by atoms with Crippen LogP contribution in [0.1, 0.15) is 93.3 Å². The fourth-order valence-electron chi connectivity index (χ4n) is 4.46. The third-order valence-electron chi connectivity index (χ3n) is 7.47. The molecule has 6 heterocycles. The van der Waals surface area contributed by atoms with Crippen molar-refractivity contribution in [3.05, 3.63) is 60.7 Å². The van der Waals surface area contributed by atoms with Crippen molar-refractivity contribution < 1.29 is 73.1 Å². The van der Waals surface area contributed by atoms with Crippen LogP contribution in [0.25, 0.3) is 46.3 Å². The maximum absolute atomic E-state index is 12.2. The van der Waals surface area contributed by atoms with E-state index in [1.165, 1.54) is 51.8 Å². The highest BCUT2D eigenvalue weighted by atomic mass is 19.4. The summed E-state index contributed by atoms with van der Waals surface area (Å²) in [6, 6.07) is -0.838. The van der Waals surface area contributed by atoms with Gasteiger partial charge in [0.1, 0.15) is 49.2 Å². The Bertz CT molecular complexity index is 2380. The van der Waals surface area contributed by atoms with E-state index in [4.69, 9.17) is 41.8 Å². The van der Waals surface area contributed by atoms with Crippen molar-refractivity contribution in [2.75, 3.05) is 14.2 Å². The number of nitrogens with one attached hydrogen (secondary N) is 1. The van der Waals surface area contributed by atoms with Crippen molar-refractivity contribution in [3.63, 3.8) is 0 Å². The summed E-state index contributed by atoms with van der Waals surface area (Å²) < 4.78 is 77.9. The number of methoxy groups -OCH3 is 2. The molecular weight excluding hydrogens is 821 g/mol. The third-order valence-corrected chi connectivity index (χ3v) is 7.47. The quantitative estimate of drug-likeness (QED) is 0.0741. The number of rotatable bonds is 11. The van der Waals surface area contributed by atoms with E-state index >= 15 is 0 Å². The Morgan fingerprint density at radius 3 is 1.41 bits per heavy atom. The van der Waals surface area contributed by atoms with E-state index < -0.39 is 42.1 Å². The zero-order valence-corrected chi connectivity index (χ0v) is 34.1. The maximum atomic E-state index is 12.2. The maximum Gasteiger partial charge on any atom is 0.446 e. The highest BCUT2D eigenvalue weighted by Crippen LogP contribution is 2.29. The van der Waals surface area contributed by atoms with Crippen LogP contribution in [0, 0.1) is 11.8 Å². The molecule has 0 aromatic carbocycles. The Labute approximate surface area is 343 Å². The van der Waals surface area contributed by atoms with Gasteiger partial charge < -0.3 is 51.8 Å². The lowest BCUT2D eigenvalue weighted by Gasteiger charge is -2.24. The van der Waals surface area contributed by atoms with Gasteiger partial charge in [-0.05, 0) is 32.6 Å². The first kappa shape index (κ1) is 46.6. The Hall–Kier alpha value is -7.11. The molecular formula is C37H41F3N8O13. The van der Waals surface area contributed by atoms with Gasteiger partial charge in [0.15, 0.2) is 34.2 Å². The van der Waals surface area contributed by atoms with Crippen LogP contribution in [-0.4, -0.2) is 80.2 Å². The summed E-state index contributed by atoms with van der Waals surface area (Å²) in [7, 11) is 2.50. The summed E-state index contributed by atoms with van der Waals surface area (Å²) in [5.41, 5.74) is 6.73. The van der Waals surface area contributed by atoms with Crippen molar-refractivity contribution in [3.8, 4) is 46.3 Å². The highest BCUT2D eigenvalue weighted by molar-refractivity contribution is 5.87. The first-order valence-electron chi connectivity index (χ1n) is 17.8. The zero-order chi connectivity index (χ0) is 45.2. The molecule has 61 heavy (non-hydrogen) atoms. The molecule has 328 valence electrons. The summed E-state index contributed by atoms with van der Waals surface area (Å²) in [4.78, 5) is 68.9. The van der Waals surface area contributed by atoms with Crippen LogP contribution in [0.5, 0.6) is 0 Å². The number of halogens is 3. The molecule has 21 nitrogen and oxygen atoms in total. The number of esters is 2. The van der Waals surface area contributed by atoms with Gasteiger partial charge in [-0.15, -0.1) is 0 Å². The predicted octanol–water partition coefficient (Wildman–Crippen LogP) is 7.17. The van der Waals surface area contributed by atoms with E-state index in [1.807, 2.05) is 27.7 Å². The number of aromatic nitrogens is 6. The molecule has 6 aromatic heterocycles. The molecule has 0 fully saturated rings. The Balaban J connectivity index is 0.000000242. The van der Waals surface area contributed by atoms with Gasteiger partial charge in [-0.2, -0.15) is 13.2 Å². The number of hydrogen-bond acceptors (Lipinski definition) is 20. The van der Waals surface area contributed by atoms with Crippen LogP contribution >= 0.6 is 0 Å². The fourth-order valence-corrected chi connectivity index (χ4v) is 4.46. The lowest BCUT2D eigenvalue weighted by molar-refractivity contribution is -0.156. The van der Waals surface area contributed by atoms with E-state index in [1.54, 1.807) is 20.8 Å². The molecule has 6 aromatic rings. The third kappa shape index (κ3) is 12.9. The topological polar surface area (TPSA) is 290 Å². The molecule has 6 rings (SSSR count). The monoisotopic (exact) mass is 862 g/mol. The molecule has 0 aliphatic heterocycles. The molecule has 0 aliphatic carbocycles. The van der Waals surface area contributed by atoms with Crippen LogP contribution in [0.3, 0.4) is 0 Å². The van der Waals surface area contributed by atoms with Crippen LogP contribution in [0.4, 0.5) is 18.0 Å². The minimum absolute atomic E-state index is 0.0127. The van der Waals surface area contributed by atoms with Crippen LogP contribution in [0.2, 0.25) is 0 Å². The molecule has 3 N–H and O–H groups in total. The molecule has 2 unspecified atom stereocenters. The average Bonchev–Trinajstić information content (AvgIpc) is 4.05. The van der Waals surface area contributed by atoms with E-state index in [2.05, 4.69) is 44.7 Å². The smallest absolute Gasteiger partial charge is 0.446 e. The van der Waals surface area contributed by atoms with Gasteiger partial charge >= 0.3 is 24.2 Å². The van der Waals surface area contributed by atoms with Crippen molar-refractivity contribution in [2.24, 2.45) is 17.6 Å². The van der Waals surface area contributed by atoms with Crippen LogP contribution in [0.15, 0.2) is 64.1 Å². The number of nitrogens with two attached hydrogens (primary N) is 1. The number of aldehydes is 1. The number of amides is 1. The number of carbonyl (C=O) groups is 4. The molecule has 0 saturated carbocycles. The summed E-state index contributed by atoms with van der Waals surface area (Å²) in [6.07, 6.45) is 1.52. The van der Waals surface area contributed by atoms with Gasteiger partial charge in [-0.3, -0.25) is 4.79 Å². The van der Waals surface area contributed by atoms with E-state index in [-0.39, 0.29) is 64.4 Å². The molecule has 0 spiro atoms. The van der Waals surface area contributed by atoms with Gasteiger partial charge in [-0.1, -0.05) is 27.7 Å². The van der Waals surface area contributed by atoms with Crippen molar-refractivity contribution in [2.45, 2.75) is 72.3 Å². The molecule has 2 atom stereocenters. The van der Waals surface area contributed by atoms with Gasteiger partial charge in [0, 0.05) is 0 Å². The first-order valence-corrected chi connectivity index (χ1v) is 17.8. The van der Waals surface area contributed by atoms with Crippen molar-refractivity contribution in [1.29, 1.82) is 0 Å². The van der Waals surface area contributed by atoms with Crippen LogP contribution in [-0.2, 0) is 19.0 Å². The second-order valence-corrected chi connectivity index (χ2v) is 14.1. The zero-order valence-electron chi connectivity index (χ0n) is 34.1. The number of oxazole rings is 6. The second-order valence-electron chi connectivity index (χ2n) is 14.1. The van der Waals surface area contributed by atoms with E-state index in [0.29, 0.717) is 23.0 Å². The largest absolute Gasteiger partial charge is 0.464 e. The van der Waals surface area contributed by atoms with Gasteiger partial charge in [0.2, 0.25) is 41.6 Å². The summed E-state index contributed by atoms with van der Waals surface area (Å²) in [5, 5.41) is 2.77. The number of nitrogens with zero attached hydrogens (tertiary/aromatic N) is 6. The normalized spacial score (nSPS) is 12.4. The van der Waals surface area contributed by atoms with E-state index in [0.717, 1.165) is 0 Å². The Morgan fingerprint density at radius 2 is 1.02 bits per heavy atom. The van der Waals surface area contributed by atoms with Gasteiger partial charge in [0.25, 0.3) is 0 Å². The molecule has 0 saturated heterocycles. The highest BCUT2D eigenvalue weighted by Gasteiger charge is 2.28.